The molecule has 0 bridgehead atoms. The maximum absolute atomic E-state index is 11.3. The molecule has 0 saturated heterocycles. The van der Waals surface area contributed by atoms with Gasteiger partial charge in [0.05, 0.1) is 0 Å². The third-order valence-electron chi connectivity index (χ3n) is 4.73. The lowest BCUT2D eigenvalue weighted by atomic mass is 9.73. The summed E-state index contributed by atoms with van der Waals surface area (Å²) in [6.45, 7) is 6.99. The highest BCUT2D eigenvalue weighted by Crippen LogP contribution is 2.37. The molecular formula is C18H28N2O. The molecule has 21 heavy (non-hydrogen) atoms. The Balaban J connectivity index is 2.05. The highest BCUT2D eigenvalue weighted by molar-refractivity contribution is 5.72. The van der Waals surface area contributed by atoms with E-state index in [1.807, 2.05) is 7.05 Å². The van der Waals surface area contributed by atoms with Crippen LogP contribution in [0.5, 0.6) is 0 Å². The molecule has 1 fully saturated rings. The molecule has 0 aromatic heterocycles. The molecule has 1 atom stereocenters. The van der Waals surface area contributed by atoms with Gasteiger partial charge in [-0.25, -0.2) is 0 Å². The van der Waals surface area contributed by atoms with Crippen molar-refractivity contribution >= 4 is 11.6 Å². The van der Waals surface area contributed by atoms with Crippen LogP contribution in [0.4, 0.5) is 5.69 Å². The van der Waals surface area contributed by atoms with Gasteiger partial charge >= 0.3 is 0 Å². The second-order valence-corrected chi connectivity index (χ2v) is 7.01. The lowest BCUT2D eigenvalue weighted by Gasteiger charge is -2.39. The molecule has 1 aromatic rings. The average molecular weight is 288 g/mol. The fraction of sp³-hybridized carbons (Fsp3) is 0.611. The Hall–Kier alpha value is -1.51. The van der Waals surface area contributed by atoms with E-state index in [0.29, 0.717) is 18.0 Å². The summed E-state index contributed by atoms with van der Waals surface area (Å²) in [5.74, 6) is 0.0989. The molecule has 0 spiro atoms. The van der Waals surface area contributed by atoms with E-state index in [4.69, 9.17) is 0 Å². The van der Waals surface area contributed by atoms with Gasteiger partial charge in [0.2, 0.25) is 5.91 Å². The molecule has 1 unspecified atom stereocenters. The van der Waals surface area contributed by atoms with Crippen molar-refractivity contribution in [2.75, 3.05) is 12.4 Å². The molecule has 0 radical (unpaired) electrons. The van der Waals surface area contributed by atoms with Gasteiger partial charge in [-0.05, 0) is 36.0 Å². The van der Waals surface area contributed by atoms with Crippen molar-refractivity contribution in [1.29, 1.82) is 0 Å². The molecule has 0 heterocycles. The summed E-state index contributed by atoms with van der Waals surface area (Å²) < 4.78 is 0. The minimum absolute atomic E-state index is 0.0989. The molecule has 0 aliphatic heterocycles. The van der Waals surface area contributed by atoms with Crippen molar-refractivity contribution in [3.8, 4) is 0 Å². The van der Waals surface area contributed by atoms with E-state index in [0.717, 1.165) is 0 Å². The normalized spacial score (nSPS) is 20.9. The van der Waals surface area contributed by atoms with Crippen LogP contribution >= 0.6 is 0 Å². The summed E-state index contributed by atoms with van der Waals surface area (Å²) in [5, 5.41) is 3.71. The number of hydrogen-bond donors (Lipinski definition) is 1. The Labute approximate surface area is 128 Å². The van der Waals surface area contributed by atoms with Crippen LogP contribution in [0.2, 0.25) is 0 Å². The third-order valence-corrected chi connectivity index (χ3v) is 4.73. The number of benzene rings is 1. The number of carbonyl (C=O) groups excluding carboxylic acids is 1. The zero-order valence-electron chi connectivity index (χ0n) is 13.8. The van der Waals surface area contributed by atoms with Gasteiger partial charge in [-0.3, -0.25) is 4.79 Å². The third kappa shape index (κ3) is 4.23. The molecule has 116 valence electrons. The molecular weight excluding hydrogens is 260 g/mol. The first-order chi connectivity index (χ1) is 9.88. The highest BCUT2D eigenvalue weighted by Gasteiger charge is 2.31. The van der Waals surface area contributed by atoms with Crippen LogP contribution < -0.4 is 5.32 Å². The zero-order valence-corrected chi connectivity index (χ0v) is 13.8. The molecule has 3 heteroatoms. The second kappa shape index (κ2) is 6.50. The molecule has 1 N–H and O–H groups in total. The minimum atomic E-state index is 0.0989. The summed E-state index contributed by atoms with van der Waals surface area (Å²) in [5.41, 5.74) is 2.69. The molecule has 1 amide bonds. The standard InChI is InChI=1S/C18H28N2O/c1-14(21)20(4)13-15-8-7-9-16(12-15)19-17-10-5-6-11-18(17,2)3/h7-9,12,17,19H,5-6,10-11,13H2,1-4H3. The molecule has 3 nitrogen and oxygen atoms in total. The van der Waals surface area contributed by atoms with E-state index in [2.05, 4.69) is 43.4 Å². The van der Waals surface area contributed by atoms with E-state index in [-0.39, 0.29) is 5.91 Å². The topological polar surface area (TPSA) is 32.3 Å². The highest BCUT2D eigenvalue weighted by atomic mass is 16.2. The number of amides is 1. The lowest BCUT2D eigenvalue weighted by molar-refractivity contribution is -0.128. The van der Waals surface area contributed by atoms with E-state index < -0.39 is 0 Å². The summed E-state index contributed by atoms with van der Waals surface area (Å²) in [4.78, 5) is 13.1. The quantitative estimate of drug-likeness (QED) is 0.906. The van der Waals surface area contributed by atoms with Gasteiger partial charge in [-0.1, -0.05) is 38.8 Å². The summed E-state index contributed by atoms with van der Waals surface area (Å²) >= 11 is 0. The first-order valence-electron chi connectivity index (χ1n) is 7.96. The molecule has 2 rings (SSSR count). The van der Waals surface area contributed by atoms with Crippen LogP contribution in [-0.2, 0) is 11.3 Å². The van der Waals surface area contributed by atoms with E-state index in [9.17, 15) is 4.79 Å². The Kier molecular flexibility index (Phi) is 4.92. The lowest BCUT2D eigenvalue weighted by Crippen LogP contribution is -2.38. The van der Waals surface area contributed by atoms with Crippen molar-refractivity contribution < 1.29 is 4.79 Å². The second-order valence-electron chi connectivity index (χ2n) is 7.01. The number of hydrogen-bond acceptors (Lipinski definition) is 2. The van der Waals surface area contributed by atoms with Crippen molar-refractivity contribution in [2.24, 2.45) is 5.41 Å². The predicted octanol–water partition coefficient (Wildman–Crippen LogP) is 4.05. The summed E-state index contributed by atoms with van der Waals surface area (Å²) in [7, 11) is 1.84. The van der Waals surface area contributed by atoms with Crippen LogP contribution in [0.1, 0.15) is 52.0 Å². The van der Waals surface area contributed by atoms with Gasteiger partial charge in [0.15, 0.2) is 0 Å². The Morgan fingerprint density at radius 3 is 2.81 bits per heavy atom. The smallest absolute Gasteiger partial charge is 0.219 e. The van der Waals surface area contributed by atoms with Crippen molar-refractivity contribution in [3.05, 3.63) is 29.8 Å². The van der Waals surface area contributed by atoms with Gasteiger partial charge < -0.3 is 10.2 Å². The van der Waals surface area contributed by atoms with Crippen molar-refractivity contribution in [3.63, 3.8) is 0 Å². The number of anilines is 1. The fourth-order valence-electron chi connectivity index (χ4n) is 3.11. The molecule has 1 saturated carbocycles. The summed E-state index contributed by atoms with van der Waals surface area (Å²) in [6.07, 6.45) is 5.19. The van der Waals surface area contributed by atoms with Crippen molar-refractivity contribution in [1.82, 2.24) is 4.90 Å². The van der Waals surface area contributed by atoms with E-state index >= 15 is 0 Å². The monoisotopic (exact) mass is 288 g/mol. The van der Waals surface area contributed by atoms with Gasteiger partial charge in [0.1, 0.15) is 0 Å². The number of carbonyl (C=O) groups is 1. The van der Waals surface area contributed by atoms with Gasteiger partial charge in [-0.2, -0.15) is 0 Å². The van der Waals surface area contributed by atoms with Gasteiger partial charge in [0, 0.05) is 32.2 Å². The SMILES string of the molecule is CC(=O)N(C)Cc1cccc(NC2CCCCC2(C)C)c1. The van der Waals surface area contributed by atoms with Crippen LogP contribution in [0, 0.1) is 5.41 Å². The largest absolute Gasteiger partial charge is 0.382 e. The predicted molar refractivity (Wildman–Crippen MR) is 88.2 cm³/mol. The van der Waals surface area contributed by atoms with Crippen LogP contribution in [0.3, 0.4) is 0 Å². The maximum Gasteiger partial charge on any atom is 0.219 e. The summed E-state index contributed by atoms with van der Waals surface area (Å²) in [6, 6.07) is 8.98. The number of nitrogens with one attached hydrogen (secondary N) is 1. The van der Waals surface area contributed by atoms with Crippen LogP contribution in [0.25, 0.3) is 0 Å². The first kappa shape index (κ1) is 15.9. The maximum atomic E-state index is 11.3. The number of nitrogens with zero attached hydrogens (tertiary/aromatic N) is 1. The molecule has 1 aromatic carbocycles. The van der Waals surface area contributed by atoms with E-state index in [1.54, 1.807) is 11.8 Å². The van der Waals surface area contributed by atoms with Crippen LogP contribution in [-0.4, -0.2) is 23.9 Å². The number of rotatable bonds is 4. The Bertz CT molecular complexity index is 496. The average Bonchev–Trinajstić information content (AvgIpc) is 2.41. The fourth-order valence-corrected chi connectivity index (χ4v) is 3.11. The Morgan fingerprint density at radius 1 is 1.38 bits per heavy atom. The zero-order chi connectivity index (χ0) is 15.5. The van der Waals surface area contributed by atoms with Gasteiger partial charge in [0.25, 0.3) is 0 Å². The Morgan fingerprint density at radius 2 is 2.14 bits per heavy atom. The van der Waals surface area contributed by atoms with Crippen LogP contribution in [0.15, 0.2) is 24.3 Å². The minimum Gasteiger partial charge on any atom is -0.382 e. The van der Waals surface area contributed by atoms with Gasteiger partial charge in [-0.15, -0.1) is 0 Å². The van der Waals surface area contributed by atoms with Crippen molar-refractivity contribution in [2.45, 2.75) is 59.0 Å². The first-order valence-corrected chi connectivity index (χ1v) is 7.96. The van der Waals surface area contributed by atoms with E-state index in [1.165, 1.54) is 36.9 Å². The molecule has 1 aliphatic rings. The molecule has 1 aliphatic carbocycles.